The molecule has 1 aromatic carbocycles. The smallest absolute Gasteiger partial charge is 0.134 e. The zero-order chi connectivity index (χ0) is 11.0. The summed E-state index contributed by atoms with van der Waals surface area (Å²) in [5, 5.41) is 12.5. The van der Waals surface area contributed by atoms with E-state index in [1.54, 1.807) is 12.1 Å². The van der Waals surface area contributed by atoms with Gasteiger partial charge in [-0.3, -0.25) is 0 Å². The number of fused-ring (bicyclic) bond motifs is 1. The van der Waals surface area contributed by atoms with E-state index >= 15 is 0 Å². The third-order valence-electron chi connectivity index (χ3n) is 2.89. The highest BCUT2D eigenvalue weighted by Gasteiger charge is 2.15. The van der Waals surface area contributed by atoms with Crippen LogP contribution in [0.25, 0.3) is 11.3 Å². The van der Waals surface area contributed by atoms with Gasteiger partial charge in [0.2, 0.25) is 0 Å². The van der Waals surface area contributed by atoms with E-state index in [-0.39, 0.29) is 5.75 Å². The standard InChI is InChI=1S/C13H13NO2/c15-11-3-1-9(2-4-11)13-7-10-8-14-6-5-12(10)16-13/h1-4,7,14-15H,5-6,8H2. The summed E-state index contributed by atoms with van der Waals surface area (Å²) in [4.78, 5) is 0. The highest BCUT2D eigenvalue weighted by molar-refractivity contribution is 5.60. The molecule has 1 aliphatic rings. The minimum absolute atomic E-state index is 0.279. The predicted octanol–water partition coefficient (Wildman–Crippen LogP) is 2.30. The molecular formula is C13H13NO2. The Balaban J connectivity index is 2.00. The maximum absolute atomic E-state index is 9.23. The van der Waals surface area contributed by atoms with Gasteiger partial charge >= 0.3 is 0 Å². The van der Waals surface area contributed by atoms with Crippen molar-refractivity contribution in [3.05, 3.63) is 41.7 Å². The van der Waals surface area contributed by atoms with Crippen LogP contribution in [-0.4, -0.2) is 11.7 Å². The SMILES string of the molecule is Oc1ccc(-c2cc3c(o2)CCNC3)cc1. The number of rotatable bonds is 1. The molecule has 0 radical (unpaired) electrons. The number of aromatic hydroxyl groups is 1. The summed E-state index contributed by atoms with van der Waals surface area (Å²) < 4.78 is 5.81. The zero-order valence-corrected chi connectivity index (χ0v) is 8.86. The Hall–Kier alpha value is -1.74. The second-order valence-corrected chi connectivity index (χ2v) is 4.03. The van der Waals surface area contributed by atoms with E-state index in [0.717, 1.165) is 36.6 Å². The number of nitrogens with one attached hydrogen (secondary N) is 1. The molecule has 16 heavy (non-hydrogen) atoms. The van der Waals surface area contributed by atoms with Crippen molar-refractivity contribution in [2.75, 3.05) is 6.54 Å². The monoisotopic (exact) mass is 215 g/mol. The lowest BCUT2D eigenvalue weighted by atomic mass is 10.1. The average Bonchev–Trinajstić information content (AvgIpc) is 2.73. The minimum Gasteiger partial charge on any atom is -0.508 e. The molecule has 0 spiro atoms. The summed E-state index contributed by atoms with van der Waals surface area (Å²) in [6.07, 6.45) is 0.952. The average molecular weight is 215 g/mol. The number of benzene rings is 1. The van der Waals surface area contributed by atoms with E-state index in [1.807, 2.05) is 12.1 Å². The van der Waals surface area contributed by atoms with E-state index < -0.39 is 0 Å². The molecule has 0 amide bonds. The molecule has 1 aliphatic heterocycles. The van der Waals surface area contributed by atoms with Gasteiger partial charge in [0.15, 0.2) is 0 Å². The van der Waals surface area contributed by atoms with Crippen molar-refractivity contribution in [1.29, 1.82) is 0 Å². The van der Waals surface area contributed by atoms with Gasteiger partial charge in [-0.2, -0.15) is 0 Å². The lowest BCUT2D eigenvalue weighted by Gasteiger charge is -2.09. The molecule has 3 rings (SSSR count). The van der Waals surface area contributed by atoms with Gasteiger partial charge in [-0.1, -0.05) is 0 Å². The van der Waals surface area contributed by atoms with Crippen LogP contribution < -0.4 is 5.32 Å². The normalized spacial score (nSPS) is 14.8. The van der Waals surface area contributed by atoms with Gasteiger partial charge in [0, 0.05) is 30.6 Å². The number of furan rings is 1. The van der Waals surface area contributed by atoms with Crippen molar-refractivity contribution < 1.29 is 9.52 Å². The molecule has 2 heterocycles. The summed E-state index contributed by atoms with van der Waals surface area (Å²) in [6.45, 7) is 1.87. The van der Waals surface area contributed by atoms with Crippen LogP contribution >= 0.6 is 0 Å². The van der Waals surface area contributed by atoms with Gasteiger partial charge in [0.05, 0.1) is 0 Å². The minimum atomic E-state index is 0.279. The first-order valence-corrected chi connectivity index (χ1v) is 5.44. The van der Waals surface area contributed by atoms with Gasteiger partial charge in [-0.15, -0.1) is 0 Å². The Morgan fingerprint density at radius 2 is 2.00 bits per heavy atom. The van der Waals surface area contributed by atoms with Gasteiger partial charge in [0.1, 0.15) is 17.3 Å². The number of hydrogen-bond donors (Lipinski definition) is 2. The van der Waals surface area contributed by atoms with E-state index in [2.05, 4.69) is 11.4 Å². The summed E-state index contributed by atoms with van der Waals surface area (Å²) in [5.41, 5.74) is 2.25. The van der Waals surface area contributed by atoms with Gasteiger partial charge in [-0.25, -0.2) is 0 Å². The maximum atomic E-state index is 9.23. The lowest BCUT2D eigenvalue weighted by molar-refractivity contribution is 0.474. The molecule has 0 saturated carbocycles. The highest BCUT2D eigenvalue weighted by Crippen LogP contribution is 2.28. The molecule has 2 N–H and O–H groups in total. The topological polar surface area (TPSA) is 45.4 Å². The zero-order valence-electron chi connectivity index (χ0n) is 8.86. The first kappa shape index (κ1) is 9.48. The van der Waals surface area contributed by atoms with Crippen LogP contribution in [-0.2, 0) is 13.0 Å². The predicted molar refractivity (Wildman–Crippen MR) is 61.2 cm³/mol. The molecule has 82 valence electrons. The van der Waals surface area contributed by atoms with Crippen LogP contribution in [0, 0.1) is 0 Å². The Labute approximate surface area is 93.7 Å². The third-order valence-corrected chi connectivity index (χ3v) is 2.89. The fourth-order valence-electron chi connectivity index (χ4n) is 2.02. The van der Waals surface area contributed by atoms with Crippen LogP contribution in [0.3, 0.4) is 0 Å². The highest BCUT2D eigenvalue weighted by atomic mass is 16.3. The molecule has 3 nitrogen and oxygen atoms in total. The van der Waals surface area contributed by atoms with Crippen molar-refractivity contribution in [1.82, 2.24) is 5.32 Å². The van der Waals surface area contributed by atoms with E-state index in [4.69, 9.17) is 4.42 Å². The molecule has 0 fully saturated rings. The molecule has 0 unspecified atom stereocenters. The summed E-state index contributed by atoms with van der Waals surface area (Å²) in [7, 11) is 0. The summed E-state index contributed by atoms with van der Waals surface area (Å²) in [5.74, 6) is 2.25. The van der Waals surface area contributed by atoms with Crippen LogP contribution in [0.5, 0.6) is 5.75 Å². The Kier molecular flexibility index (Phi) is 2.18. The molecule has 0 atom stereocenters. The Morgan fingerprint density at radius 3 is 2.75 bits per heavy atom. The molecular weight excluding hydrogens is 202 g/mol. The second-order valence-electron chi connectivity index (χ2n) is 4.03. The van der Waals surface area contributed by atoms with E-state index in [1.165, 1.54) is 5.56 Å². The van der Waals surface area contributed by atoms with Crippen molar-refractivity contribution in [3.63, 3.8) is 0 Å². The second kappa shape index (κ2) is 3.68. The van der Waals surface area contributed by atoms with Gasteiger partial charge in [0.25, 0.3) is 0 Å². The van der Waals surface area contributed by atoms with Gasteiger partial charge in [-0.05, 0) is 30.3 Å². The van der Waals surface area contributed by atoms with Crippen molar-refractivity contribution in [2.45, 2.75) is 13.0 Å². The maximum Gasteiger partial charge on any atom is 0.134 e. The first-order valence-electron chi connectivity index (χ1n) is 5.44. The molecule has 0 bridgehead atoms. The first-order chi connectivity index (χ1) is 7.83. The van der Waals surface area contributed by atoms with Crippen LogP contribution in [0.2, 0.25) is 0 Å². The van der Waals surface area contributed by atoms with Crippen molar-refractivity contribution in [2.24, 2.45) is 0 Å². The van der Waals surface area contributed by atoms with Crippen LogP contribution in [0.15, 0.2) is 34.7 Å². The van der Waals surface area contributed by atoms with Gasteiger partial charge < -0.3 is 14.8 Å². The van der Waals surface area contributed by atoms with Crippen LogP contribution in [0.1, 0.15) is 11.3 Å². The fraction of sp³-hybridized carbons (Fsp3) is 0.231. The molecule has 0 saturated heterocycles. The van der Waals surface area contributed by atoms with Crippen molar-refractivity contribution >= 4 is 0 Å². The van der Waals surface area contributed by atoms with E-state index in [0.29, 0.717) is 0 Å². The fourth-order valence-corrected chi connectivity index (χ4v) is 2.02. The summed E-state index contributed by atoms with van der Waals surface area (Å²) in [6, 6.07) is 9.16. The van der Waals surface area contributed by atoms with E-state index in [9.17, 15) is 5.11 Å². The molecule has 1 aromatic heterocycles. The Morgan fingerprint density at radius 1 is 1.19 bits per heavy atom. The number of phenolic OH excluding ortho intramolecular Hbond substituents is 1. The quantitative estimate of drug-likeness (QED) is 0.767. The molecule has 0 aliphatic carbocycles. The molecule has 3 heteroatoms. The third kappa shape index (κ3) is 1.59. The molecule has 2 aromatic rings. The van der Waals surface area contributed by atoms with Crippen molar-refractivity contribution in [3.8, 4) is 17.1 Å². The van der Waals surface area contributed by atoms with Crippen LogP contribution in [0.4, 0.5) is 0 Å². The number of hydrogen-bond acceptors (Lipinski definition) is 3. The number of phenols is 1. The lowest BCUT2D eigenvalue weighted by Crippen LogP contribution is -2.22. The largest absolute Gasteiger partial charge is 0.508 e. The summed E-state index contributed by atoms with van der Waals surface area (Å²) >= 11 is 0. The Bertz CT molecular complexity index is 476.